The largest absolute Gasteiger partial charge is 0.480 e. The minimum Gasteiger partial charge on any atom is -0.480 e. The van der Waals surface area contributed by atoms with Crippen molar-refractivity contribution in [2.24, 2.45) is 0 Å². The van der Waals surface area contributed by atoms with Crippen molar-refractivity contribution in [1.29, 1.82) is 0 Å². The van der Waals surface area contributed by atoms with Crippen LogP contribution in [0.5, 0.6) is 0 Å². The number of carboxylic acid groups (broad SMARTS) is 1. The van der Waals surface area contributed by atoms with Crippen LogP contribution in [0, 0.1) is 6.92 Å². The van der Waals surface area contributed by atoms with Crippen molar-refractivity contribution in [2.75, 3.05) is 6.54 Å². The molecule has 0 aromatic heterocycles. The number of rotatable bonds is 3. The normalized spacial score (nSPS) is 20.7. The Labute approximate surface area is 105 Å². The molecule has 2 unspecified atom stereocenters. The standard InChI is InChI=1S/C13H16N2O3/c1-8-5-3-4-6-10(8)11-7-15(13(18)14-11)9(2)12(16)17/h3-6,9,11H,7H2,1-2H3,(H,14,18)(H,16,17). The summed E-state index contributed by atoms with van der Waals surface area (Å²) in [4.78, 5) is 24.0. The first-order chi connectivity index (χ1) is 8.50. The predicted octanol–water partition coefficient (Wildman–Crippen LogP) is 1.53. The minimum atomic E-state index is -0.990. The molecule has 0 bridgehead atoms. The van der Waals surface area contributed by atoms with E-state index < -0.39 is 12.0 Å². The van der Waals surface area contributed by atoms with Crippen LogP contribution in [0.25, 0.3) is 0 Å². The van der Waals surface area contributed by atoms with Crippen LogP contribution in [0.15, 0.2) is 24.3 Å². The van der Waals surface area contributed by atoms with Crippen LogP contribution in [0.3, 0.4) is 0 Å². The number of hydrogen-bond donors (Lipinski definition) is 2. The number of nitrogens with zero attached hydrogens (tertiary/aromatic N) is 1. The van der Waals surface area contributed by atoms with Crippen LogP contribution in [0.4, 0.5) is 4.79 Å². The van der Waals surface area contributed by atoms with Crippen molar-refractivity contribution in [3.63, 3.8) is 0 Å². The number of carboxylic acids is 1. The van der Waals surface area contributed by atoms with E-state index in [-0.39, 0.29) is 12.1 Å². The second-order valence-electron chi connectivity index (χ2n) is 4.53. The fourth-order valence-electron chi connectivity index (χ4n) is 2.18. The zero-order chi connectivity index (χ0) is 13.3. The third-order valence-corrected chi connectivity index (χ3v) is 3.33. The van der Waals surface area contributed by atoms with Gasteiger partial charge in [0.15, 0.2) is 0 Å². The van der Waals surface area contributed by atoms with Crippen molar-refractivity contribution in [3.8, 4) is 0 Å². The summed E-state index contributed by atoms with van der Waals surface area (Å²) in [6.45, 7) is 3.88. The van der Waals surface area contributed by atoms with E-state index in [1.807, 2.05) is 31.2 Å². The van der Waals surface area contributed by atoms with Crippen molar-refractivity contribution in [2.45, 2.75) is 25.9 Å². The summed E-state index contributed by atoms with van der Waals surface area (Å²) in [5.74, 6) is -0.990. The van der Waals surface area contributed by atoms with E-state index in [1.165, 1.54) is 11.8 Å². The van der Waals surface area contributed by atoms with Gasteiger partial charge in [-0.2, -0.15) is 0 Å². The smallest absolute Gasteiger partial charge is 0.326 e. The number of urea groups is 1. The Morgan fingerprint density at radius 2 is 2.17 bits per heavy atom. The summed E-state index contributed by atoms with van der Waals surface area (Å²) < 4.78 is 0. The van der Waals surface area contributed by atoms with Crippen LogP contribution in [-0.4, -0.2) is 34.6 Å². The second kappa shape index (κ2) is 4.68. The quantitative estimate of drug-likeness (QED) is 0.852. The highest BCUT2D eigenvalue weighted by molar-refractivity contribution is 5.84. The Balaban J connectivity index is 2.19. The lowest BCUT2D eigenvalue weighted by atomic mass is 10.0. The van der Waals surface area contributed by atoms with Crippen molar-refractivity contribution >= 4 is 12.0 Å². The first-order valence-electron chi connectivity index (χ1n) is 5.86. The molecule has 0 radical (unpaired) electrons. The average molecular weight is 248 g/mol. The number of carbonyl (C=O) groups is 2. The van der Waals surface area contributed by atoms with Crippen molar-refractivity contribution in [1.82, 2.24) is 10.2 Å². The lowest BCUT2D eigenvalue weighted by Crippen LogP contribution is -2.40. The van der Waals surface area contributed by atoms with E-state index in [2.05, 4.69) is 5.32 Å². The molecule has 2 amide bonds. The maximum absolute atomic E-state index is 11.8. The molecule has 0 aliphatic carbocycles. The number of carbonyl (C=O) groups excluding carboxylic acids is 1. The molecule has 2 rings (SSSR count). The number of amides is 2. The zero-order valence-electron chi connectivity index (χ0n) is 10.4. The maximum Gasteiger partial charge on any atom is 0.326 e. The molecule has 1 aromatic rings. The van der Waals surface area contributed by atoms with Crippen molar-refractivity contribution < 1.29 is 14.7 Å². The third-order valence-electron chi connectivity index (χ3n) is 3.33. The van der Waals surface area contributed by atoms with E-state index in [1.54, 1.807) is 0 Å². The lowest BCUT2D eigenvalue weighted by molar-refractivity contribution is -0.141. The molecule has 0 saturated carbocycles. The second-order valence-corrected chi connectivity index (χ2v) is 4.53. The SMILES string of the molecule is Cc1ccccc1C1CN(C(C)C(=O)O)C(=O)N1. The molecule has 1 aliphatic heterocycles. The van der Waals surface area contributed by atoms with Gasteiger partial charge in [0.2, 0.25) is 0 Å². The Morgan fingerprint density at radius 3 is 2.78 bits per heavy atom. The summed E-state index contributed by atoms with van der Waals surface area (Å²) in [5, 5.41) is 11.8. The Kier molecular flexibility index (Phi) is 3.23. The summed E-state index contributed by atoms with van der Waals surface area (Å²) >= 11 is 0. The molecule has 2 N–H and O–H groups in total. The van der Waals surface area contributed by atoms with E-state index in [4.69, 9.17) is 5.11 Å². The molecule has 0 spiro atoms. The molecule has 2 atom stereocenters. The molecule has 5 heteroatoms. The van der Waals surface area contributed by atoms with E-state index in [0.717, 1.165) is 11.1 Å². The number of hydrogen-bond acceptors (Lipinski definition) is 2. The molecule has 1 aliphatic rings. The van der Waals surface area contributed by atoms with E-state index >= 15 is 0 Å². The molecule has 1 saturated heterocycles. The molecule has 5 nitrogen and oxygen atoms in total. The first kappa shape index (κ1) is 12.4. The maximum atomic E-state index is 11.8. The highest BCUT2D eigenvalue weighted by Crippen LogP contribution is 2.24. The van der Waals surface area contributed by atoms with E-state index in [9.17, 15) is 9.59 Å². The summed E-state index contributed by atoms with van der Waals surface area (Å²) in [6.07, 6.45) is 0. The van der Waals surface area contributed by atoms with Crippen LogP contribution >= 0.6 is 0 Å². The molecule has 1 heterocycles. The summed E-state index contributed by atoms with van der Waals surface area (Å²) in [6, 6.07) is 6.52. The van der Waals surface area contributed by atoms with Crippen LogP contribution < -0.4 is 5.32 Å². The molecular formula is C13H16N2O3. The van der Waals surface area contributed by atoms with Crippen LogP contribution in [0.1, 0.15) is 24.1 Å². The molecule has 1 fully saturated rings. The lowest BCUT2D eigenvalue weighted by Gasteiger charge is -2.19. The zero-order valence-corrected chi connectivity index (χ0v) is 10.4. The van der Waals surface area contributed by atoms with E-state index in [0.29, 0.717) is 6.54 Å². The summed E-state index contributed by atoms with van der Waals surface area (Å²) in [7, 11) is 0. The average Bonchev–Trinajstić information content (AvgIpc) is 2.70. The molecule has 1 aromatic carbocycles. The van der Waals surface area contributed by atoms with Crippen LogP contribution in [-0.2, 0) is 4.79 Å². The molecule has 96 valence electrons. The Hall–Kier alpha value is -2.04. The highest BCUT2D eigenvalue weighted by Gasteiger charge is 2.35. The molecule has 18 heavy (non-hydrogen) atoms. The number of nitrogens with one attached hydrogen (secondary N) is 1. The number of benzene rings is 1. The predicted molar refractivity (Wildman–Crippen MR) is 66.3 cm³/mol. The van der Waals surface area contributed by atoms with Gasteiger partial charge in [-0.15, -0.1) is 0 Å². The van der Waals surface area contributed by atoms with Gasteiger partial charge in [-0.25, -0.2) is 9.59 Å². The van der Waals surface area contributed by atoms with Gasteiger partial charge in [0.1, 0.15) is 6.04 Å². The van der Waals surface area contributed by atoms with Crippen LogP contribution in [0.2, 0.25) is 0 Å². The van der Waals surface area contributed by atoms with Gasteiger partial charge < -0.3 is 15.3 Å². The monoisotopic (exact) mass is 248 g/mol. The Bertz CT molecular complexity index is 487. The summed E-state index contributed by atoms with van der Waals surface area (Å²) in [5.41, 5.74) is 2.12. The van der Waals surface area contributed by atoms with Gasteiger partial charge >= 0.3 is 12.0 Å². The van der Waals surface area contributed by atoms with Crippen molar-refractivity contribution in [3.05, 3.63) is 35.4 Å². The van der Waals surface area contributed by atoms with Gasteiger partial charge in [-0.3, -0.25) is 0 Å². The van der Waals surface area contributed by atoms with Gasteiger partial charge in [-0.1, -0.05) is 24.3 Å². The Morgan fingerprint density at radius 1 is 1.50 bits per heavy atom. The third kappa shape index (κ3) is 2.16. The first-order valence-corrected chi connectivity index (χ1v) is 5.86. The van der Waals surface area contributed by atoms with Gasteiger partial charge in [0.05, 0.1) is 6.04 Å². The fourth-order valence-corrected chi connectivity index (χ4v) is 2.18. The van der Waals surface area contributed by atoms with Gasteiger partial charge in [0.25, 0.3) is 0 Å². The fraction of sp³-hybridized carbons (Fsp3) is 0.385. The topological polar surface area (TPSA) is 69.6 Å². The number of aryl methyl sites for hydroxylation is 1. The van der Waals surface area contributed by atoms with Gasteiger partial charge in [0, 0.05) is 6.54 Å². The minimum absolute atomic E-state index is 0.138. The number of aliphatic carboxylic acids is 1. The highest BCUT2D eigenvalue weighted by atomic mass is 16.4. The molecular weight excluding hydrogens is 232 g/mol. The van der Waals surface area contributed by atoms with Gasteiger partial charge in [-0.05, 0) is 25.0 Å².